The Labute approximate surface area is 503 Å². The van der Waals surface area contributed by atoms with E-state index in [-0.39, 0.29) is 76.5 Å². The summed E-state index contributed by atoms with van der Waals surface area (Å²) >= 11 is 0. The summed E-state index contributed by atoms with van der Waals surface area (Å²) in [7, 11) is 1.48. The van der Waals surface area contributed by atoms with Gasteiger partial charge < -0.3 is 58.5 Å². The summed E-state index contributed by atoms with van der Waals surface area (Å²) in [6.07, 6.45) is 27.2. The number of dihydropyridines is 1. The van der Waals surface area contributed by atoms with Gasteiger partial charge in [0.1, 0.15) is 5.78 Å². The van der Waals surface area contributed by atoms with Crippen LogP contribution in [0.5, 0.6) is 11.5 Å². The van der Waals surface area contributed by atoms with Crippen LogP contribution in [0.25, 0.3) is 5.57 Å². The van der Waals surface area contributed by atoms with E-state index in [1.165, 1.54) is 48.3 Å². The van der Waals surface area contributed by atoms with Crippen LogP contribution in [0.1, 0.15) is 125 Å². The largest absolute Gasteiger partial charge is 0.504 e. The van der Waals surface area contributed by atoms with Crippen molar-refractivity contribution >= 4 is 23.1 Å². The molecule has 4 heterocycles. The number of nitrogens with one attached hydrogen (secondary N) is 4. The molecule has 5 saturated carbocycles. The quantitative estimate of drug-likeness (QED) is 0.0170. The lowest BCUT2D eigenvalue weighted by molar-refractivity contribution is -0.126. The summed E-state index contributed by atoms with van der Waals surface area (Å²) in [5, 5.41) is 49.2. The molecule has 5 aliphatic carbocycles. The minimum Gasteiger partial charge on any atom is -0.504 e. The first-order valence-corrected chi connectivity index (χ1v) is 32.3. The zero-order chi connectivity index (χ0) is 59.0. The number of nitrogens with zero attached hydrogens (tertiary/aromatic N) is 1. The number of fused-ring (bicyclic) bond motifs is 3. The average molecular weight is 1160 g/mol. The van der Waals surface area contributed by atoms with Crippen LogP contribution in [0, 0.1) is 58.2 Å². The van der Waals surface area contributed by atoms with Gasteiger partial charge in [-0.15, -0.1) is 0 Å². The number of benzene rings is 3. The molecule has 4 aliphatic heterocycles. The zero-order valence-corrected chi connectivity index (χ0v) is 50.2. The highest BCUT2D eigenvalue weighted by Gasteiger charge is 2.70. The summed E-state index contributed by atoms with van der Waals surface area (Å²) in [5.74, 6) is 3.58. The number of allylic oxidation sites excluding steroid dienone is 3. The van der Waals surface area contributed by atoms with Crippen LogP contribution in [0.4, 0.5) is 0 Å². The number of carbonyl (C=O) groups excluding carboxylic acids is 2. The fourth-order valence-electron chi connectivity index (χ4n) is 19.3. The van der Waals surface area contributed by atoms with E-state index in [1.807, 2.05) is 19.2 Å². The molecule has 16 atom stereocenters. The Balaban J connectivity index is 0.782. The molecule has 1 spiro atoms. The van der Waals surface area contributed by atoms with Crippen molar-refractivity contribution in [3.63, 3.8) is 0 Å². The van der Waals surface area contributed by atoms with E-state index in [0.717, 1.165) is 114 Å². The molecule has 454 valence electrons. The Hall–Kier alpha value is -5.87. The predicted molar refractivity (Wildman–Crippen MR) is 336 cm³/mol. The molecular formula is C71H94N8O6. The van der Waals surface area contributed by atoms with Crippen molar-refractivity contribution in [3.05, 3.63) is 148 Å². The van der Waals surface area contributed by atoms with Crippen molar-refractivity contribution in [1.29, 1.82) is 0 Å². The Morgan fingerprint density at radius 3 is 2.51 bits per heavy atom. The Morgan fingerprint density at radius 2 is 1.72 bits per heavy atom. The molecule has 14 nitrogen and oxygen atoms in total. The number of aliphatic imine (C=N–C) groups is 1. The molecule has 0 aromatic heterocycles. The number of ketones is 2. The number of ether oxygens (including phenoxy) is 1. The molecule has 13 N–H and O–H groups in total. The maximum Gasteiger partial charge on any atom is 0.186 e. The molecule has 9 aliphatic rings. The van der Waals surface area contributed by atoms with Gasteiger partial charge in [-0.3, -0.25) is 9.59 Å². The van der Waals surface area contributed by atoms with Crippen LogP contribution in [0.3, 0.4) is 0 Å². The van der Waals surface area contributed by atoms with Crippen LogP contribution in [0.15, 0.2) is 125 Å². The lowest BCUT2D eigenvalue weighted by atomic mass is 9.50. The third-order valence-electron chi connectivity index (χ3n) is 22.5. The fourth-order valence-corrected chi connectivity index (χ4v) is 19.3. The van der Waals surface area contributed by atoms with Crippen LogP contribution in [-0.2, 0) is 35.3 Å². The van der Waals surface area contributed by atoms with Gasteiger partial charge in [-0.25, -0.2) is 4.99 Å². The number of methoxy groups -OCH3 is 1. The topological polar surface area (TPSA) is 243 Å². The number of aliphatic hydroxyl groups is 2. The number of aryl methyl sites for hydroxylation is 3. The van der Waals surface area contributed by atoms with Gasteiger partial charge >= 0.3 is 0 Å². The van der Waals surface area contributed by atoms with Gasteiger partial charge in [-0.05, 0) is 250 Å². The van der Waals surface area contributed by atoms with Crippen molar-refractivity contribution in [2.75, 3.05) is 33.4 Å². The number of carbonyl (C=O) groups is 2. The van der Waals surface area contributed by atoms with Gasteiger partial charge in [0, 0.05) is 31.2 Å². The molecule has 1 unspecified atom stereocenters. The molecule has 3 aromatic carbocycles. The van der Waals surface area contributed by atoms with Crippen molar-refractivity contribution in [3.8, 4) is 11.5 Å². The van der Waals surface area contributed by atoms with Crippen molar-refractivity contribution < 1.29 is 29.6 Å². The van der Waals surface area contributed by atoms with E-state index < -0.39 is 12.7 Å². The molecule has 12 rings (SSSR count). The first-order chi connectivity index (χ1) is 41.2. The van der Waals surface area contributed by atoms with Crippen molar-refractivity contribution in [1.82, 2.24) is 21.3 Å². The number of phenolic OH excluding ortho intramolecular Hbond substituents is 1. The number of aliphatic hydroxyl groups excluding tert-OH is 2. The number of phenols is 1. The molecule has 14 heteroatoms. The Morgan fingerprint density at radius 1 is 0.918 bits per heavy atom. The normalized spacial score (nSPS) is 34.1. The van der Waals surface area contributed by atoms with Gasteiger partial charge in [-0.2, -0.15) is 0 Å². The summed E-state index contributed by atoms with van der Waals surface area (Å²) in [6.45, 7) is 4.49. The average Bonchev–Trinajstić information content (AvgIpc) is 1.83. The minimum absolute atomic E-state index is 0.0149. The molecular weight excluding hydrogens is 1060 g/mol. The number of piperidine rings is 1. The molecule has 85 heavy (non-hydrogen) atoms. The number of hydrogen-bond donors (Lipinski definition) is 10. The number of nitrogens with two attached hydrogens (primary N) is 3. The highest BCUT2D eigenvalue weighted by Crippen LogP contribution is 2.74. The number of aromatic hydroxyl groups is 1. The summed E-state index contributed by atoms with van der Waals surface area (Å²) in [6, 6.07) is 23.2. The van der Waals surface area contributed by atoms with E-state index in [9.17, 15) is 24.9 Å². The van der Waals surface area contributed by atoms with E-state index in [2.05, 4.69) is 94.1 Å². The Bertz CT molecular complexity index is 3130. The molecule has 0 amide bonds. The smallest absolute Gasteiger partial charge is 0.186 e. The van der Waals surface area contributed by atoms with Crippen molar-refractivity contribution in [2.24, 2.45) is 80.4 Å². The number of guanidine groups is 1. The van der Waals surface area contributed by atoms with Gasteiger partial charge in [0.05, 0.1) is 44.5 Å². The van der Waals surface area contributed by atoms with Crippen LogP contribution in [0.2, 0.25) is 0 Å². The summed E-state index contributed by atoms with van der Waals surface area (Å²) < 4.78 is 5.61. The Kier molecular flexibility index (Phi) is 17.8. The van der Waals surface area contributed by atoms with E-state index in [1.54, 1.807) is 12.1 Å². The van der Waals surface area contributed by atoms with Crippen LogP contribution < -0.4 is 43.2 Å². The number of Topliss-reactive ketones (excluding diaryl/α,β-unsaturated/α-hetero) is 1. The van der Waals surface area contributed by atoms with Gasteiger partial charge in [0.25, 0.3) is 0 Å². The van der Waals surface area contributed by atoms with Gasteiger partial charge in [-0.1, -0.05) is 78.4 Å². The zero-order valence-electron chi connectivity index (χ0n) is 50.2. The highest BCUT2D eigenvalue weighted by atomic mass is 16.5. The number of hydrogen-bond acceptors (Lipinski definition) is 12. The van der Waals surface area contributed by atoms with Crippen LogP contribution >= 0.6 is 0 Å². The van der Waals surface area contributed by atoms with Crippen LogP contribution in [-0.4, -0.2) is 103 Å². The molecule has 0 radical (unpaired) electrons. The molecule has 6 fully saturated rings. The third-order valence-corrected chi connectivity index (χ3v) is 22.5. The maximum absolute atomic E-state index is 14.6. The monoisotopic (exact) mass is 1150 g/mol. The first kappa shape index (κ1) is 59.5. The molecule has 3 aromatic rings. The second kappa shape index (κ2) is 25.5. The minimum atomic E-state index is -0.570. The third kappa shape index (κ3) is 12.4. The second-order valence-corrected chi connectivity index (χ2v) is 27.5. The highest BCUT2D eigenvalue weighted by molar-refractivity contribution is 6.08. The van der Waals surface area contributed by atoms with E-state index in [4.69, 9.17) is 26.9 Å². The lowest BCUT2D eigenvalue weighted by Gasteiger charge is -2.56. The van der Waals surface area contributed by atoms with Gasteiger partial charge in [0.15, 0.2) is 23.2 Å². The fraction of sp³-hybridized carbons (Fsp3) is 0.563. The lowest BCUT2D eigenvalue weighted by Crippen LogP contribution is -2.57. The summed E-state index contributed by atoms with van der Waals surface area (Å²) in [4.78, 5) is 33.8. The SMILES string of the molecule is COc1cc(/C(=C/C(=O)CC(=O)C[C@H]2CC[C@@H]3[C@](C[C@H]4[C@@H]5CCNC[C@@H]5C[C@@H]5C=CCN[C@@H]45)(C2)C[C@H]2N[C@@H]([C@H](C)O)C=C4C[C@H](N=C(N)N)C[C@H]5CC[C@]32[C@H]45)CO)c(CC2=CNC(N)C=C2CCc2cccc(CCc3ccccc3)c2)cc1O. The molecule has 1 saturated heterocycles. The second-order valence-electron chi connectivity index (χ2n) is 27.5. The standard InChI is InChI=1S/C71H94N8O6/c1-42(81)61-31-51-29-55(78-69(73)74)28-48-19-21-71(67(48)51)64-18-16-46(36-70(64,38-65(71)79-61)37-60-58-20-23-75-39-53(58)26-49-12-7-22-76-68(49)60)25-56(82)34-57(83)30-54(41-80)59-35-63(85-2)62(84)32-50(59)27-52-40-77-66(72)33-47(52)17-15-45-11-6-10-44(24-45)14-13-43-8-4-3-5-9-43/h3-12,24,30-33,35,40,42,46,48-49,53,55,58,60-61,64-68,75-77,79-81,84H,13-23,25-29,34,36-39,41,72H2,1-2H3,(H4,73,74,78)/b54-30+/t42-,46+,48+,49-,53-,55+,58+,60-,61+,64+,65+,66?,67-,68+,70-,71-/m0/s1. The number of rotatable bonds is 20. The maximum atomic E-state index is 14.6. The predicted octanol–water partition coefficient (Wildman–Crippen LogP) is 8.04. The van der Waals surface area contributed by atoms with Crippen molar-refractivity contribution in [2.45, 2.75) is 159 Å². The summed E-state index contributed by atoms with van der Waals surface area (Å²) in [5.41, 5.74) is 27.5. The van der Waals surface area contributed by atoms with E-state index >= 15 is 0 Å². The molecule has 0 bridgehead atoms. The first-order valence-electron chi connectivity index (χ1n) is 32.3. The van der Waals surface area contributed by atoms with Gasteiger partial charge in [0.2, 0.25) is 0 Å². The van der Waals surface area contributed by atoms with E-state index in [0.29, 0.717) is 77.0 Å².